The van der Waals surface area contributed by atoms with E-state index in [1.54, 1.807) is 44.6 Å². The van der Waals surface area contributed by atoms with Gasteiger partial charge in [0.2, 0.25) is 5.78 Å². The highest BCUT2D eigenvalue weighted by atomic mass is 16.6. The van der Waals surface area contributed by atoms with Gasteiger partial charge in [0.1, 0.15) is 24.3 Å². The lowest BCUT2D eigenvalue weighted by Crippen LogP contribution is -2.18. The quantitative estimate of drug-likeness (QED) is 0.311. The number of ether oxygens (including phenoxy) is 2. The predicted molar refractivity (Wildman–Crippen MR) is 122 cm³/mol. The third kappa shape index (κ3) is 5.48. The number of anilines is 1. The molecule has 31 heavy (non-hydrogen) atoms. The minimum atomic E-state index is -0.310. The molecule has 0 aliphatic carbocycles. The minimum absolute atomic E-state index is 0.0687. The second-order valence-electron chi connectivity index (χ2n) is 6.36. The Balaban J connectivity index is 1.87. The van der Waals surface area contributed by atoms with Crippen LogP contribution in [0.15, 0.2) is 83.1 Å². The molecule has 3 aromatic rings. The summed E-state index contributed by atoms with van der Waals surface area (Å²) in [6.45, 7) is 0. The first kappa shape index (κ1) is 21.6. The zero-order chi connectivity index (χ0) is 22.1. The molecule has 0 saturated carbocycles. The summed E-state index contributed by atoms with van der Waals surface area (Å²) in [4.78, 5) is 17.8. The van der Waals surface area contributed by atoms with Crippen LogP contribution in [0, 0.1) is 0 Å². The molecule has 7 nitrogen and oxygen atoms in total. The van der Waals surface area contributed by atoms with Crippen molar-refractivity contribution in [2.75, 3.05) is 26.8 Å². The van der Waals surface area contributed by atoms with Gasteiger partial charge in [-0.25, -0.2) is 0 Å². The highest BCUT2D eigenvalue weighted by Gasteiger charge is 2.14. The Morgan fingerprint density at radius 3 is 2.23 bits per heavy atom. The van der Waals surface area contributed by atoms with Crippen LogP contribution in [0.25, 0.3) is 11.1 Å². The fourth-order valence-electron chi connectivity index (χ4n) is 2.86. The highest BCUT2D eigenvalue weighted by Crippen LogP contribution is 2.29. The first-order chi connectivity index (χ1) is 15.2. The van der Waals surface area contributed by atoms with Gasteiger partial charge in [0.15, 0.2) is 5.71 Å². The van der Waals surface area contributed by atoms with E-state index in [9.17, 15) is 4.79 Å². The lowest BCUT2D eigenvalue weighted by atomic mass is 10.0. The first-order valence-corrected chi connectivity index (χ1v) is 9.48. The van der Waals surface area contributed by atoms with Crippen molar-refractivity contribution in [3.05, 3.63) is 78.4 Å². The Kier molecular flexibility index (Phi) is 7.37. The minimum Gasteiger partial charge on any atom is -0.497 e. The van der Waals surface area contributed by atoms with Crippen molar-refractivity contribution in [2.24, 2.45) is 10.3 Å². The van der Waals surface area contributed by atoms with E-state index in [0.29, 0.717) is 22.7 Å². The van der Waals surface area contributed by atoms with Gasteiger partial charge in [0.25, 0.3) is 0 Å². The molecule has 7 heteroatoms. The number of carbonyl (C=O) groups excluding carboxylic acids is 1. The molecule has 3 aromatic carbocycles. The predicted octanol–water partition coefficient (Wildman–Crippen LogP) is 4.65. The van der Waals surface area contributed by atoms with Crippen LogP contribution in [0.5, 0.6) is 11.5 Å². The number of nitrogens with one attached hydrogen (secondary N) is 1. The number of hydrogen-bond donors (Lipinski definition) is 1. The number of Topliss-reactive ketones (excluding diaryl/α,β-unsaturated/α-hetero) is 1. The van der Waals surface area contributed by atoms with Crippen molar-refractivity contribution in [3.8, 4) is 22.6 Å². The normalized spacial score (nSPS) is 11.3. The molecule has 0 aliphatic heterocycles. The van der Waals surface area contributed by atoms with Gasteiger partial charge in [-0.3, -0.25) is 10.2 Å². The third-order valence-corrected chi connectivity index (χ3v) is 4.47. The van der Waals surface area contributed by atoms with Crippen LogP contribution in [0.2, 0.25) is 0 Å². The highest BCUT2D eigenvalue weighted by molar-refractivity contribution is 6.64. The van der Waals surface area contributed by atoms with Gasteiger partial charge in [0, 0.05) is 11.6 Å². The van der Waals surface area contributed by atoms with E-state index in [2.05, 4.69) is 15.7 Å². The van der Waals surface area contributed by atoms with Crippen LogP contribution in [0.4, 0.5) is 5.69 Å². The summed E-state index contributed by atoms with van der Waals surface area (Å²) in [5, 5.41) is 7.92. The maximum atomic E-state index is 13.0. The molecule has 0 aliphatic rings. The van der Waals surface area contributed by atoms with Crippen LogP contribution in [0.3, 0.4) is 0 Å². The van der Waals surface area contributed by atoms with E-state index >= 15 is 0 Å². The second-order valence-corrected chi connectivity index (χ2v) is 6.36. The second kappa shape index (κ2) is 10.6. The lowest BCUT2D eigenvalue weighted by Gasteiger charge is -2.10. The maximum Gasteiger partial charge on any atom is 0.214 e. The molecule has 3 rings (SSSR count). The first-order valence-electron chi connectivity index (χ1n) is 9.48. The van der Waals surface area contributed by atoms with Crippen molar-refractivity contribution >= 4 is 23.4 Å². The van der Waals surface area contributed by atoms with Gasteiger partial charge in [-0.15, -0.1) is 0 Å². The fourth-order valence-corrected chi connectivity index (χ4v) is 2.86. The molecule has 0 atom stereocenters. The standard InChI is InChI=1S/C24H23N3O4/c1-29-20-13-14-23(30-2)21(15-20)26-27-22(16-25-31-3)24(28)19-11-9-18(10-12-19)17-7-5-4-6-8-17/h4-16,26H,1-3H3. The Morgan fingerprint density at radius 2 is 1.58 bits per heavy atom. The van der Waals surface area contributed by atoms with Gasteiger partial charge in [0.05, 0.1) is 20.4 Å². The monoisotopic (exact) mass is 417 g/mol. The van der Waals surface area contributed by atoms with Crippen molar-refractivity contribution in [3.63, 3.8) is 0 Å². The molecule has 0 saturated heterocycles. The van der Waals surface area contributed by atoms with Crippen molar-refractivity contribution in [1.29, 1.82) is 0 Å². The van der Waals surface area contributed by atoms with E-state index in [4.69, 9.17) is 14.3 Å². The topological polar surface area (TPSA) is 81.5 Å². The van der Waals surface area contributed by atoms with Gasteiger partial charge < -0.3 is 14.3 Å². The molecule has 0 unspecified atom stereocenters. The molecule has 0 amide bonds. The zero-order valence-electron chi connectivity index (χ0n) is 17.5. The molecule has 0 aromatic heterocycles. The molecule has 0 heterocycles. The lowest BCUT2D eigenvalue weighted by molar-refractivity contribution is 0.106. The summed E-state index contributed by atoms with van der Waals surface area (Å²) >= 11 is 0. The average molecular weight is 417 g/mol. The number of nitrogens with zero attached hydrogens (tertiary/aromatic N) is 2. The molecule has 0 fully saturated rings. The molecule has 1 N–H and O–H groups in total. The van der Waals surface area contributed by atoms with E-state index in [0.717, 1.165) is 11.1 Å². The van der Waals surface area contributed by atoms with Crippen molar-refractivity contribution < 1.29 is 19.1 Å². The van der Waals surface area contributed by atoms with Crippen LogP contribution >= 0.6 is 0 Å². The summed E-state index contributed by atoms with van der Waals surface area (Å²) < 4.78 is 10.6. The van der Waals surface area contributed by atoms with Gasteiger partial charge in [-0.1, -0.05) is 59.8 Å². The Bertz CT molecular complexity index is 1080. The van der Waals surface area contributed by atoms with Crippen molar-refractivity contribution in [1.82, 2.24) is 0 Å². The third-order valence-electron chi connectivity index (χ3n) is 4.47. The van der Waals surface area contributed by atoms with E-state index in [-0.39, 0.29) is 11.5 Å². The number of methoxy groups -OCH3 is 2. The molecule has 0 spiro atoms. The Morgan fingerprint density at radius 1 is 0.871 bits per heavy atom. The van der Waals surface area contributed by atoms with E-state index in [1.165, 1.54) is 13.3 Å². The Hall–Kier alpha value is -4.13. The van der Waals surface area contributed by atoms with Crippen molar-refractivity contribution in [2.45, 2.75) is 0 Å². The molecule has 0 radical (unpaired) electrons. The average Bonchev–Trinajstić information content (AvgIpc) is 2.84. The van der Waals surface area contributed by atoms with Crippen LogP contribution in [-0.4, -0.2) is 39.0 Å². The number of benzene rings is 3. The molecule has 0 bridgehead atoms. The van der Waals surface area contributed by atoms with E-state index < -0.39 is 0 Å². The van der Waals surface area contributed by atoms with E-state index in [1.807, 2.05) is 42.5 Å². The van der Waals surface area contributed by atoms with Gasteiger partial charge in [-0.2, -0.15) is 5.10 Å². The number of rotatable bonds is 9. The summed E-state index contributed by atoms with van der Waals surface area (Å²) in [5.41, 5.74) is 6.02. The van der Waals surface area contributed by atoms with Crippen LogP contribution in [0.1, 0.15) is 10.4 Å². The zero-order valence-corrected chi connectivity index (χ0v) is 17.5. The number of hydrogen-bond acceptors (Lipinski definition) is 7. The molecule has 158 valence electrons. The maximum absolute atomic E-state index is 13.0. The molecular formula is C24H23N3O4. The number of carbonyl (C=O) groups is 1. The number of hydrazone groups is 1. The summed E-state index contributed by atoms with van der Waals surface area (Å²) in [7, 11) is 4.50. The fraction of sp³-hybridized carbons (Fsp3) is 0.125. The number of oxime groups is 1. The summed E-state index contributed by atoms with van der Waals surface area (Å²) in [6, 6.07) is 22.5. The summed E-state index contributed by atoms with van der Waals surface area (Å²) in [5.74, 6) is 0.857. The largest absolute Gasteiger partial charge is 0.497 e. The Labute approximate surface area is 181 Å². The smallest absolute Gasteiger partial charge is 0.214 e. The van der Waals surface area contributed by atoms with Gasteiger partial charge in [-0.05, 0) is 23.3 Å². The van der Waals surface area contributed by atoms with Gasteiger partial charge >= 0.3 is 0 Å². The molecular weight excluding hydrogens is 394 g/mol. The van der Waals surface area contributed by atoms with Crippen LogP contribution in [-0.2, 0) is 4.84 Å². The SMILES string of the molecule is CON=CC(=NNc1cc(OC)ccc1OC)C(=O)c1ccc(-c2ccccc2)cc1. The number of ketones is 1. The van der Waals surface area contributed by atoms with Crippen LogP contribution < -0.4 is 14.9 Å². The summed E-state index contributed by atoms with van der Waals surface area (Å²) in [6.07, 6.45) is 1.26.